The van der Waals surface area contributed by atoms with E-state index < -0.39 is 5.97 Å². The fourth-order valence-electron chi connectivity index (χ4n) is 4.11. The summed E-state index contributed by atoms with van der Waals surface area (Å²) in [6.45, 7) is 4.30. The Morgan fingerprint density at radius 3 is 2.27 bits per heavy atom. The minimum atomic E-state index is -1.08. The van der Waals surface area contributed by atoms with Gasteiger partial charge in [0.2, 0.25) is 5.91 Å². The Labute approximate surface area is 221 Å². The fourth-order valence-corrected chi connectivity index (χ4v) is 4.28. The number of aromatic carboxylic acids is 1. The van der Waals surface area contributed by atoms with E-state index in [1.165, 1.54) is 6.07 Å². The van der Waals surface area contributed by atoms with Gasteiger partial charge in [-0.1, -0.05) is 80.0 Å². The first-order valence-electron chi connectivity index (χ1n) is 12.0. The molecule has 0 saturated heterocycles. The van der Waals surface area contributed by atoms with E-state index in [1.807, 2.05) is 80.6 Å². The first-order chi connectivity index (χ1) is 17.8. The van der Waals surface area contributed by atoms with Gasteiger partial charge >= 0.3 is 5.97 Å². The van der Waals surface area contributed by atoms with Gasteiger partial charge in [0.25, 0.3) is 0 Å². The average Bonchev–Trinajstić information content (AvgIpc) is 2.88. The van der Waals surface area contributed by atoms with Gasteiger partial charge in [0, 0.05) is 22.7 Å². The second-order valence-electron chi connectivity index (χ2n) is 9.21. The predicted octanol–water partition coefficient (Wildman–Crippen LogP) is 7.94. The molecule has 0 saturated carbocycles. The zero-order valence-electron chi connectivity index (χ0n) is 20.7. The Kier molecular flexibility index (Phi) is 8.26. The van der Waals surface area contributed by atoms with Crippen LogP contribution in [0.2, 0.25) is 5.02 Å². The number of anilines is 1. The summed E-state index contributed by atoms with van der Waals surface area (Å²) in [7, 11) is 0. The first-order valence-corrected chi connectivity index (χ1v) is 12.4. The van der Waals surface area contributed by atoms with Crippen molar-refractivity contribution >= 4 is 29.2 Å². The molecule has 0 atom stereocenters. The predicted molar refractivity (Wildman–Crippen MR) is 148 cm³/mol. The average molecular weight is 514 g/mol. The maximum absolute atomic E-state index is 12.4. The normalized spacial score (nSPS) is 10.8. The molecule has 0 radical (unpaired) electrons. The molecule has 4 aromatic rings. The minimum Gasteiger partial charge on any atom is -0.488 e. The molecule has 0 spiro atoms. The van der Waals surface area contributed by atoms with Gasteiger partial charge < -0.3 is 15.2 Å². The molecule has 0 aliphatic rings. The number of carboxylic acid groups (broad SMARTS) is 1. The summed E-state index contributed by atoms with van der Waals surface area (Å²) in [5.41, 5.74) is 4.61. The molecular formula is C31H28ClNO4. The topological polar surface area (TPSA) is 75.6 Å². The van der Waals surface area contributed by atoms with Crippen molar-refractivity contribution in [2.45, 2.75) is 26.9 Å². The van der Waals surface area contributed by atoms with Crippen molar-refractivity contribution in [3.8, 4) is 28.0 Å². The fraction of sp³-hybridized carbons (Fsp3) is 0.161. The molecule has 0 bridgehead atoms. The van der Waals surface area contributed by atoms with Crippen molar-refractivity contribution in [3.05, 3.63) is 107 Å². The van der Waals surface area contributed by atoms with Gasteiger partial charge in [-0.05, 0) is 64.6 Å². The van der Waals surface area contributed by atoms with Gasteiger partial charge in [0.05, 0.1) is 5.56 Å². The Hall–Kier alpha value is -4.09. The van der Waals surface area contributed by atoms with E-state index >= 15 is 0 Å². The molecule has 0 aliphatic heterocycles. The number of carbonyl (C=O) groups excluding carboxylic acids is 1. The van der Waals surface area contributed by atoms with E-state index in [-0.39, 0.29) is 17.4 Å². The summed E-state index contributed by atoms with van der Waals surface area (Å²) < 4.78 is 6.19. The lowest BCUT2D eigenvalue weighted by Gasteiger charge is -2.17. The number of halogens is 1. The number of nitrogens with one attached hydrogen (secondary N) is 1. The van der Waals surface area contributed by atoms with Gasteiger partial charge in [-0.15, -0.1) is 0 Å². The van der Waals surface area contributed by atoms with Gasteiger partial charge in [-0.25, -0.2) is 4.79 Å². The van der Waals surface area contributed by atoms with Crippen LogP contribution in [-0.2, 0) is 11.4 Å². The standard InChI is InChI=1S/C31H28ClNO4/c1-20(2)14-30(34)33-25-16-22(15-23(17-25)31(35)36)26-10-6-7-11-27(26)28-18-24(32)12-13-29(28)37-19-21-8-4-3-5-9-21/h3-13,15-18,20H,14,19H2,1-2H3,(H,33,34)(H,35,36). The second kappa shape index (κ2) is 11.8. The molecular weight excluding hydrogens is 486 g/mol. The molecule has 1 amide bonds. The third kappa shape index (κ3) is 6.78. The van der Waals surface area contributed by atoms with Crippen LogP contribution in [0.4, 0.5) is 5.69 Å². The highest BCUT2D eigenvalue weighted by atomic mass is 35.5. The Morgan fingerprint density at radius 2 is 1.57 bits per heavy atom. The van der Waals surface area contributed by atoms with Crippen LogP contribution in [0.1, 0.15) is 36.2 Å². The van der Waals surface area contributed by atoms with E-state index in [9.17, 15) is 14.7 Å². The van der Waals surface area contributed by atoms with Crippen molar-refractivity contribution in [2.75, 3.05) is 5.32 Å². The summed E-state index contributed by atoms with van der Waals surface area (Å²) >= 11 is 6.39. The molecule has 0 unspecified atom stereocenters. The number of carbonyl (C=O) groups is 2. The Morgan fingerprint density at radius 1 is 0.865 bits per heavy atom. The van der Waals surface area contributed by atoms with E-state index in [0.717, 1.165) is 22.3 Å². The van der Waals surface area contributed by atoms with Crippen molar-refractivity contribution in [3.63, 3.8) is 0 Å². The zero-order chi connectivity index (χ0) is 26.4. The summed E-state index contributed by atoms with van der Waals surface area (Å²) in [5, 5.41) is 13.2. The van der Waals surface area contributed by atoms with Crippen LogP contribution in [0.5, 0.6) is 5.75 Å². The molecule has 0 aromatic heterocycles. The van der Waals surface area contributed by atoms with Gasteiger partial charge in [0.1, 0.15) is 12.4 Å². The molecule has 4 aromatic carbocycles. The van der Waals surface area contributed by atoms with Gasteiger partial charge in [-0.2, -0.15) is 0 Å². The molecule has 2 N–H and O–H groups in total. The van der Waals surface area contributed by atoms with Gasteiger partial charge in [-0.3, -0.25) is 4.79 Å². The molecule has 4 rings (SSSR count). The lowest BCUT2D eigenvalue weighted by Crippen LogP contribution is -2.14. The number of carboxylic acids is 1. The first kappa shape index (κ1) is 26.0. The van der Waals surface area contributed by atoms with Crippen LogP contribution in [0.25, 0.3) is 22.3 Å². The number of hydrogen-bond donors (Lipinski definition) is 2. The largest absolute Gasteiger partial charge is 0.488 e. The Balaban J connectivity index is 1.77. The zero-order valence-corrected chi connectivity index (χ0v) is 21.5. The van der Waals surface area contributed by atoms with E-state index in [1.54, 1.807) is 18.2 Å². The molecule has 0 aliphatic carbocycles. The molecule has 0 heterocycles. The van der Waals surface area contributed by atoms with Crippen LogP contribution in [0.15, 0.2) is 91.0 Å². The highest BCUT2D eigenvalue weighted by Crippen LogP contribution is 2.40. The molecule has 5 nitrogen and oxygen atoms in total. The number of rotatable bonds is 9. The van der Waals surface area contributed by atoms with Gasteiger partial charge in [0.15, 0.2) is 0 Å². The van der Waals surface area contributed by atoms with Crippen LogP contribution < -0.4 is 10.1 Å². The van der Waals surface area contributed by atoms with E-state index in [2.05, 4.69) is 5.32 Å². The SMILES string of the molecule is CC(C)CC(=O)Nc1cc(C(=O)O)cc(-c2ccccc2-c2cc(Cl)ccc2OCc2ccccc2)c1. The maximum Gasteiger partial charge on any atom is 0.335 e. The quantitative estimate of drug-likeness (QED) is 0.238. The summed E-state index contributed by atoms with van der Waals surface area (Å²) in [5.74, 6) is -0.405. The molecule has 0 fully saturated rings. The Bertz CT molecular complexity index is 1420. The highest BCUT2D eigenvalue weighted by Gasteiger charge is 2.16. The number of hydrogen-bond acceptors (Lipinski definition) is 3. The number of amides is 1. The number of ether oxygens (including phenoxy) is 1. The third-order valence-corrected chi connectivity index (χ3v) is 6.00. The van der Waals surface area contributed by atoms with Crippen molar-refractivity contribution < 1.29 is 19.4 Å². The smallest absolute Gasteiger partial charge is 0.335 e. The number of benzene rings is 4. The third-order valence-electron chi connectivity index (χ3n) is 5.76. The summed E-state index contributed by atoms with van der Waals surface area (Å²) in [6, 6.07) is 27.9. The molecule has 188 valence electrons. The molecule has 37 heavy (non-hydrogen) atoms. The lowest BCUT2D eigenvalue weighted by atomic mass is 9.92. The monoisotopic (exact) mass is 513 g/mol. The van der Waals surface area contributed by atoms with Crippen molar-refractivity contribution in [1.82, 2.24) is 0 Å². The van der Waals surface area contributed by atoms with E-state index in [0.29, 0.717) is 35.1 Å². The lowest BCUT2D eigenvalue weighted by molar-refractivity contribution is -0.116. The van der Waals surface area contributed by atoms with E-state index in [4.69, 9.17) is 16.3 Å². The van der Waals surface area contributed by atoms with Crippen molar-refractivity contribution in [1.29, 1.82) is 0 Å². The van der Waals surface area contributed by atoms with Crippen LogP contribution in [0.3, 0.4) is 0 Å². The van der Waals surface area contributed by atoms with Crippen molar-refractivity contribution in [2.24, 2.45) is 5.92 Å². The maximum atomic E-state index is 12.4. The summed E-state index contributed by atoms with van der Waals surface area (Å²) in [4.78, 5) is 24.3. The summed E-state index contributed by atoms with van der Waals surface area (Å²) in [6.07, 6.45) is 0.341. The van der Waals surface area contributed by atoms with Crippen LogP contribution in [0, 0.1) is 5.92 Å². The molecule has 6 heteroatoms. The minimum absolute atomic E-state index is 0.0822. The second-order valence-corrected chi connectivity index (χ2v) is 9.65. The van der Waals surface area contributed by atoms with Crippen LogP contribution >= 0.6 is 11.6 Å². The highest BCUT2D eigenvalue weighted by molar-refractivity contribution is 6.31. The van der Waals surface area contributed by atoms with Crippen LogP contribution in [-0.4, -0.2) is 17.0 Å².